The van der Waals surface area contributed by atoms with E-state index in [0.29, 0.717) is 5.69 Å². The molecular formula is C10H8NO3S-. The van der Waals surface area contributed by atoms with Crippen LogP contribution in [-0.2, 0) is 11.4 Å². The van der Waals surface area contributed by atoms with Crippen LogP contribution in [0.4, 0.5) is 5.69 Å². The molecule has 0 fully saturated rings. The van der Waals surface area contributed by atoms with E-state index in [1.54, 1.807) is 24.3 Å². The van der Waals surface area contributed by atoms with Gasteiger partial charge in [-0.2, -0.15) is 0 Å². The molecule has 78 valence electrons. The van der Waals surface area contributed by atoms with Crippen molar-refractivity contribution in [3.8, 4) is 5.75 Å². The van der Waals surface area contributed by atoms with E-state index in [1.807, 2.05) is 12.1 Å². The first-order chi connectivity index (χ1) is 7.16. The first-order valence-corrected chi connectivity index (χ1v) is 5.22. The van der Waals surface area contributed by atoms with Crippen molar-refractivity contribution in [2.75, 3.05) is 5.73 Å². The third-order valence-corrected chi connectivity index (χ3v) is 2.38. The second-order valence-corrected chi connectivity index (χ2v) is 3.59. The van der Waals surface area contributed by atoms with Gasteiger partial charge in [-0.15, -0.1) is 0 Å². The fraction of sp³-hybridized carbons (Fsp3) is 0. The molecule has 2 N–H and O–H groups in total. The molecule has 4 nitrogen and oxygen atoms in total. The van der Waals surface area contributed by atoms with Crippen molar-refractivity contribution in [3.05, 3.63) is 36.4 Å². The molecule has 2 rings (SSSR count). The Morgan fingerprint density at radius 1 is 1.27 bits per heavy atom. The Labute approximate surface area is 89.2 Å². The van der Waals surface area contributed by atoms with Crippen molar-refractivity contribution in [1.82, 2.24) is 0 Å². The van der Waals surface area contributed by atoms with Crippen LogP contribution >= 0.6 is 0 Å². The van der Waals surface area contributed by atoms with Gasteiger partial charge in [0.05, 0.1) is 0 Å². The highest BCUT2D eigenvalue weighted by Crippen LogP contribution is 2.25. The highest BCUT2D eigenvalue weighted by Gasteiger charge is 2.00. The van der Waals surface area contributed by atoms with Crippen LogP contribution in [0.3, 0.4) is 0 Å². The van der Waals surface area contributed by atoms with Crippen LogP contribution in [0.5, 0.6) is 5.75 Å². The monoisotopic (exact) mass is 222 g/mol. The highest BCUT2D eigenvalue weighted by molar-refractivity contribution is 7.74. The molecule has 5 heteroatoms. The lowest BCUT2D eigenvalue weighted by Gasteiger charge is -2.08. The van der Waals surface area contributed by atoms with E-state index >= 15 is 0 Å². The van der Waals surface area contributed by atoms with E-state index < -0.39 is 11.4 Å². The summed E-state index contributed by atoms with van der Waals surface area (Å²) in [6.07, 6.45) is 0. The van der Waals surface area contributed by atoms with Crippen molar-refractivity contribution in [2.45, 2.75) is 0 Å². The van der Waals surface area contributed by atoms with Crippen LogP contribution in [0, 0.1) is 0 Å². The van der Waals surface area contributed by atoms with Gasteiger partial charge >= 0.3 is 0 Å². The van der Waals surface area contributed by atoms with Gasteiger partial charge < -0.3 is 14.5 Å². The second kappa shape index (κ2) is 3.88. The normalized spacial score (nSPS) is 12.6. The minimum Gasteiger partial charge on any atom is -0.740 e. The average Bonchev–Trinajstić information content (AvgIpc) is 2.18. The second-order valence-electron chi connectivity index (χ2n) is 3.02. The van der Waals surface area contributed by atoms with Gasteiger partial charge in [0, 0.05) is 11.1 Å². The average molecular weight is 222 g/mol. The molecule has 0 saturated carbocycles. The smallest absolute Gasteiger partial charge is 0.139 e. The van der Waals surface area contributed by atoms with E-state index in [0.717, 1.165) is 10.8 Å². The molecule has 0 aromatic heterocycles. The molecule has 0 aliphatic rings. The molecule has 0 saturated heterocycles. The standard InChI is InChI=1S/C10H9NO3S/c11-10-3-1-2-7-4-5-8(6-9(7)10)14-15(12)13/h1-6H,11H2,(H,12,13)/p-1. The minimum absolute atomic E-state index is 0.258. The van der Waals surface area contributed by atoms with Gasteiger partial charge in [0.15, 0.2) is 0 Å². The van der Waals surface area contributed by atoms with E-state index in [2.05, 4.69) is 4.18 Å². The van der Waals surface area contributed by atoms with Gasteiger partial charge in [-0.1, -0.05) is 18.2 Å². The maximum absolute atomic E-state index is 10.3. The number of nitrogen functional groups attached to an aromatic ring is 1. The number of anilines is 1. The zero-order valence-corrected chi connectivity index (χ0v) is 8.49. The first kappa shape index (κ1) is 9.95. The number of hydrogen-bond donors (Lipinski definition) is 1. The fourth-order valence-corrected chi connectivity index (χ4v) is 1.67. The molecule has 0 aliphatic carbocycles. The summed E-state index contributed by atoms with van der Waals surface area (Å²) in [6, 6.07) is 10.4. The molecular weight excluding hydrogens is 214 g/mol. The molecule has 1 atom stereocenters. The van der Waals surface area contributed by atoms with Crippen LogP contribution in [0.15, 0.2) is 36.4 Å². The molecule has 0 spiro atoms. The summed E-state index contributed by atoms with van der Waals surface area (Å²) < 4.78 is 25.2. The van der Waals surface area contributed by atoms with Crippen LogP contribution in [0.25, 0.3) is 10.8 Å². The maximum atomic E-state index is 10.3. The van der Waals surface area contributed by atoms with Crippen LogP contribution in [0.1, 0.15) is 0 Å². The Balaban J connectivity index is 2.54. The third-order valence-electron chi connectivity index (χ3n) is 2.05. The molecule has 15 heavy (non-hydrogen) atoms. The Morgan fingerprint density at radius 3 is 2.80 bits per heavy atom. The summed E-state index contributed by atoms with van der Waals surface area (Å²) in [5.41, 5.74) is 6.34. The van der Waals surface area contributed by atoms with E-state index in [9.17, 15) is 8.76 Å². The number of rotatable bonds is 2. The molecule has 0 aliphatic heterocycles. The lowest BCUT2D eigenvalue weighted by Crippen LogP contribution is -1.97. The summed E-state index contributed by atoms with van der Waals surface area (Å²) in [7, 11) is 0. The first-order valence-electron chi connectivity index (χ1n) is 4.22. The predicted molar refractivity (Wildman–Crippen MR) is 57.9 cm³/mol. The van der Waals surface area contributed by atoms with Gasteiger partial charge in [0.25, 0.3) is 0 Å². The van der Waals surface area contributed by atoms with Crippen molar-refractivity contribution < 1.29 is 12.9 Å². The summed E-state index contributed by atoms with van der Waals surface area (Å²) in [4.78, 5) is 0. The number of fused-ring (bicyclic) bond motifs is 1. The lowest BCUT2D eigenvalue weighted by atomic mass is 10.1. The number of benzene rings is 2. The zero-order valence-electron chi connectivity index (χ0n) is 7.67. The Kier molecular flexibility index (Phi) is 2.57. The van der Waals surface area contributed by atoms with Crippen LogP contribution in [-0.4, -0.2) is 8.76 Å². The SMILES string of the molecule is Nc1cccc2ccc(OS(=O)[O-])cc12. The van der Waals surface area contributed by atoms with Crippen LogP contribution < -0.4 is 9.92 Å². The largest absolute Gasteiger partial charge is 0.740 e. The van der Waals surface area contributed by atoms with E-state index in [4.69, 9.17) is 5.73 Å². The fourth-order valence-electron chi connectivity index (χ4n) is 1.41. The van der Waals surface area contributed by atoms with Gasteiger partial charge in [0.1, 0.15) is 17.1 Å². The minimum atomic E-state index is -2.56. The summed E-state index contributed by atoms with van der Waals surface area (Å²) in [6.45, 7) is 0. The van der Waals surface area contributed by atoms with Gasteiger partial charge in [-0.05, 0) is 23.6 Å². The van der Waals surface area contributed by atoms with Crippen molar-refractivity contribution >= 4 is 27.8 Å². The molecule has 1 unspecified atom stereocenters. The topological polar surface area (TPSA) is 75.4 Å². The van der Waals surface area contributed by atoms with Gasteiger partial charge in [0.2, 0.25) is 0 Å². The quantitative estimate of drug-likeness (QED) is 0.618. The molecule has 0 bridgehead atoms. The zero-order chi connectivity index (χ0) is 10.8. The summed E-state index contributed by atoms with van der Waals surface area (Å²) in [5, 5.41) is 1.72. The van der Waals surface area contributed by atoms with Crippen molar-refractivity contribution in [2.24, 2.45) is 0 Å². The third kappa shape index (κ3) is 2.08. The van der Waals surface area contributed by atoms with E-state index in [1.165, 1.54) is 0 Å². The van der Waals surface area contributed by atoms with E-state index in [-0.39, 0.29) is 5.75 Å². The highest BCUT2D eigenvalue weighted by atomic mass is 32.2. The van der Waals surface area contributed by atoms with Crippen LogP contribution in [0.2, 0.25) is 0 Å². The Hall–Kier alpha value is -1.59. The number of nitrogens with two attached hydrogens (primary N) is 1. The Morgan fingerprint density at radius 2 is 2.07 bits per heavy atom. The van der Waals surface area contributed by atoms with Gasteiger partial charge in [-0.25, -0.2) is 4.21 Å². The number of hydrogen-bond acceptors (Lipinski definition) is 4. The summed E-state index contributed by atoms with van der Waals surface area (Å²) in [5.74, 6) is 0.258. The lowest BCUT2D eigenvalue weighted by molar-refractivity contribution is 0.440. The molecule has 2 aromatic carbocycles. The predicted octanol–water partition coefficient (Wildman–Crippen LogP) is 1.59. The Bertz CT molecular complexity index is 527. The van der Waals surface area contributed by atoms with Crippen molar-refractivity contribution in [1.29, 1.82) is 0 Å². The van der Waals surface area contributed by atoms with Crippen molar-refractivity contribution in [3.63, 3.8) is 0 Å². The molecule has 2 aromatic rings. The molecule has 0 heterocycles. The molecule has 0 amide bonds. The molecule has 0 radical (unpaired) electrons. The summed E-state index contributed by atoms with van der Waals surface area (Å²) >= 11 is -2.56. The maximum Gasteiger partial charge on any atom is 0.139 e. The van der Waals surface area contributed by atoms with Gasteiger partial charge in [-0.3, -0.25) is 0 Å².